The van der Waals surface area contributed by atoms with Crippen molar-refractivity contribution in [1.29, 1.82) is 0 Å². The Labute approximate surface area is 145 Å². The quantitative estimate of drug-likeness (QED) is 0.873. The molecule has 0 unspecified atom stereocenters. The summed E-state index contributed by atoms with van der Waals surface area (Å²) in [5, 5.41) is 2.81. The van der Waals surface area contributed by atoms with E-state index in [0.717, 1.165) is 10.5 Å². The van der Waals surface area contributed by atoms with Gasteiger partial charge < -0.3 is 5.32 Å². The number of carbonyl (C=O) groups excluding carboxylic acids is 3. The number of nitrogens with one attached hydrogen (secondary N) is 1. The van der Waals surface area contributed by atoms with Gasteiger partial charge in [-0.15, -0.1) is 0 Å². The van der Waals surface area contributed by atoms with Crippen LogP contribution in [-0.4, -0.2) is 34.2 Å². The number of amides is 3. The number of benzene rings is 1. The van der Waals surface area contributed by atoms with E-state index in [2.05, 4.69) is 10.3 Å². The van der Waals surface area contributed by atoms with Crippen LogP contribution in [0.2, 0.25) is 0 Å². The molecular weight excluding hydrogens is 318 g/mol. The maximum atomic E-state index is 12.4. The van der Waals surface area contributed by atoms with Crippen LogP contribution < -0.4 is 5.32 Å². The lowest BCUT2D eigenvalue weighted by Gasteiger charge is -2.23. The minimum Gasteiger partial charge on any atom is -0.324 e. The number of anilines is 1. The summed E-state index contributed by atoms with van der Waals surface area (Å²) in [6.45, 7) is 5.81. The van der Waals surface area contributed by atoms with E-state index in [-0.39, 0.29) is 23.2 Å². The second kappa shape index (κ2) is 6.12. The van der Waals surface area contributed by atoms with Gasteiger partial charge in [0, 0.05) is 11.9 Å². The third kappa shape index (κ3) is 3.15. The van der Waals surface area contributed by atoms with Crippen LogP contribution >= 0.6 is 0 Å². The summed E-state index contributed by atoms with van der Waals surface area (Å²) in [4.78, 5) is 41.9. The van der Waals surface area contributed by atoms with Crippen molar-refractivity contribution in [2.24, 2.45) is 0 Å². The van der Waals surface area contributed by atoms with Crippen molar-refractivity contribution >= 4 is 23.4 Å². The van der Waals surface area contributed by atoms with Crippen LogP contribution in [0.4, 0.5) is 5.69 Å². The zero-order chi connectivity index (χ0) is 18.2. The summed E-state index contributed by atoms with van der Waals surface area (Å²) in [5.74, 6) is -1.46. The number of fused-ring (bicyclic) bond motifs is 1. The standard InChI is InChI=1S/C19H19N3O3/c1-19(2,3)13-8-4-5-9-14(13)21-15(23)11-22-17(24)12-7-6-10-20-16(12)18(22)25/h4-10H,11H2,1-3H3,(H,21,23). The summed E-state index contributed by atoms with van der Waals surface area (Å²) in [6.07, 6.45) is 1.45. The highest BCUT2D eigenvalue weighted by atomic mass is 16.2. The monoisotopic (exact) mass is 337 g/mol. The van der Waals surface area contributed by atoms with Crippen molar-refractivity contribution in [2.45, 2.75) is 26.2 Å². The Kier molecular flexibility index (Phi) is 4.12. The van der Waals surface area contributed by atoms with Crippen LogP contribution in [0.3, 0.4) is 0 Å². The molecule has 128 valence electrons. The first-order valence-electron chi connectivity index (χ1n) is 7.99. The highest BCUT2D eigenvalue weighted by Gasteiger charge is 2.37. The molecule has 0 aliphatic carbocycles. The van der Waals surface area contributed by atoms with Crippen molar-refractivity contribution in [3.05, 3.63) is 59.4 Å². The Morgan fingerprint density at radius 3 is 2.48 bits per heavy atom. The smallest absolute Gasteiger partial charge is 0.280 e. The Morgan fingerprint density at radius 2 is 1.80 bits per heavy atom. The molecule has 0 saturated heterocycles. The number of hydrogen-bond acceptors (Lipinski definition) is 4. The maximum absolute atomic E-state index is 12.4. The minimum atomic E-state index is -0.542. The lowest BCUT2D eigenvalue weighted by Crippen LogP contribution is -2.37. The molecule has 0 spiro atoms. The Hall–Kier alpha value is -3.02. The van der Waals surface area contributed by atoms with E-state index < -0.39 is 17.7 Å². The largest absolute Gasteiger partial charge is 0.324 e. The number of carbonyl (C=O) groups is 3. The van der Waals surface area contributed by atoms with E-state index in [4.69, 9.17) is 0 Å². The average Bonchev–Trinajstić information content (AvgIpc) is 2.80. The molecule has 0 radical (unpaired) electrons. The van der Waals surface area contributed by atoms with E-state index in [0.29, 0.717) is 5.69 Å². The molecule has 1 aliphatic heterocycles. The fourth-order valence-corrected chi connectivity index (χ4v) is 2.84. The van der Waals surface area contributed by atoms with E-state index in [1.54, 1.807) is 6.07 Å². The Bertz CT molecular complexity index is 833. The average molecular weight is 337 g/mol. The fraction of sp³-hybridized carbons (Fsp3) is 0.263. The topological polar surface area (TPSA) is 79.4 Å². The van der Waals surface area contributed by atoms with Gasteiger partial charge in [0.2, 0.25) is 5.91 Å². The third-order valence-electron chi connectivity index (χ3n) is 4.04. The number of rotatable bonds is 3. The molecule has 0 atom stereocenters. The second-order valence-electron chi connectivity index (χ2n) is 6.94. The van der Waals surface area contributed by atoms with Crippen molar-refractivity contribution in [1.82, 2.24) is 9.88 Å². The predicted octanol–water partition coefficient (Wildman–Crippen LogP) is 2.61. The lowest BCUT2D eigenvalue weighted by molar-refractivity contribution is -0.116. The molecule has 3 rings (SSSR count). The van der Waals surface area contributed by atoms with E-state index in [9.17, 15) is 14.4 Å². The van der Waals surface area contributed by atoms with Crippen molar-refractivity contribution in [3.63, 3.8) is 0 Å². The zero-order valence-corrected chi connectivity index (χ0v) is 14.4. The maximum Gasteiger partial charge on any atom is 0.280 e. The summed E-state index contributed by atoms with van der Waals surface area (Å²) < 4.78 is 0. The van der Waals surface area contributed by atoms with Crippen LogP contribution in [0.5, 0.6) is 0 Å². The van der Waals surface area contributed by atoms with Gasteiger partial charge >= 0.3 is 0 Å². The molecule has 1 aromatic carbocycles. The van der Waals surface area contributed by atoms with Crippen LogP contribution in [0.1, 0.15) is 47.2 Å². The normalized spacial score (nSPS) is 13.8. The van der Waals surface area contributed by atoms with E-state index in [1.165, 1.54) is 12.3 Å². The van der Waals surface area contributed by atoms with E-state index >= 15 is 0 Å². The Balaban J connectivity index is 1.77. The number of hydrogen-bond donors (Lipinski definition) is 1. The molecule has 1 N–H and O–H groups in total. The summed E-state index contributed by atoms with van der Waals surface area (Å²) >= 11 is 0. The van der Waals surface area contributed by atoms with Crippen LogP contribution in [0.25, 0.3) is 0 Å². The first-order valence-corrected chi connectivity index (χ1v) is 7.99. The lowest BCUT2D eigenvalue weighted by atomic mass is 9.86. The highest BCUT2D eigenvalue weighted by molar-refractivity contribution is 6.21. The highest BCUT2D eigenvalue weighted by Crippen LogP contribution is 2.29. The predicted molar refractivity (Wildman–Crippen MR) is 93.4 cm³/mol. The molecule has 0 saturated carbocycles. The number of aromatic nitrogens is 1. The summed E-state index contributed by atoms with van der Waals surface area (Å²) in [6, 6.07) is 10.6. The van der Waals surface area contributed by atoms with Gasteiger partial charge in [0.1, 0.15) is 12.2 Å². The van der Waals surface area contributed by atoms with Crippen LogP contribution in [0, 0.1) is 0 Å². The first kappa shape index (κ1) is 16.8. The number of imide groups is 1. The molecular formula is C19H19N3O3. The third-order valence-corrected chi connectivity index (χ3v) is 4.04. The fourth-order valence-electron chi connectivity index (χ4n) is 2.84. The van der Waals surface area contributed by atoms with Crippen molar-refractivity contribution in [3.8, 4) is 0 Å². The van der Waals surface area contributed by atoms with Gasteiger partial charge in [-0.1, -0.05) is 39.0 Å². The molecule has 25 heavy (non-hydrogen) atoms. The molecule has 0 bridgehead atoms. The molecule has 2 aromatic rings. The van der Waals surface area contributed by atoms with Gasteiger partial charge in [-0.05, 0) is 29.2 Å². The minimum absolute atomic E-state index is 0.0930. The van der Waals surface area contributed by atoms with Gasteiger partial charge in [-0.25, -0.2) is 0 Å². The van der Waals surface area contributed by atoms with Crippen LogP contribution in [-0.2, 0) is 10.2 Å². The molecule has 1 aromatic heterocycles. The molecule has 3 amide bonds. The van der Waals surface area contributed by atoms with Crippen molar-refractivity contribution < 1.29 is 14.4 Å². The first-order chi connectivity index (χ1) is 11.8. The summed E-state index contributed by atoms with van der Waals surface area (Å²) in [5.41, 5.74) is 1.83. The molecule has 0 fully saturated rings. The van der Waals surface area contributed by atoms with Gasteiger partial charge in [-0.2, -0.15) is 0 Å². The molecule has 6 nitrogen and oxygen atoms in total. The number of para-hydroxylation sites is 1. The van der Waals surface area contributed by atoms with Gasteiger partial charge in [0.25, 0.3) is 11.8 Å². The Morgan fingerprint density at radius 1 is 1.08 bits per heavy atom. The van der Waals surface area contributed by atoms with Gasteiger partial charge in [0.15, 0.2) is 0 Å². The molecule has 2 heterocycles. The van der Waals surface area contributed by atoms with Gasteiger partial charge in [-0.3, -0.25) is 24.3 Å². The number of nitrogens with zero attached hydrogens (tertiary/aromatic N) is 2. The number of pyridine rings is 1. The van der Waals surface area contributed by atoms with Crippen molar-refractivity contribution in [2.75, 3.05) is 11.9 Å². The SMILES string of the molecule is CC(C)(C)c1ccccc1NC(=O)CN1C(=O)c2cccnc2C1=O. The summed E-state index contributed by atoms with van der Waals surface area (Å²) in [7, 11) is 0. The zero-order valence-electron chi connectivity index (χ0n) is 14.4. The van der Waals surface area contributed by atoms with Crippen LogP contribution in [0.15, 0.2) is 42.6 Å². The molecule has 6 heteroatoms. The second-order valence-corrected chi connectivity index (χ2v) is 6.94. The molecule has 1 aliphatic rings. The van der Waals surface area contributed by atoms with Gasteiger partial charge in [0.05, 0.1) is 5.56 Å². The van der Waals surface area contributed by atoms with E-state index in [1.807, 2.05) is 45.0 Å².